The number of allylic oxidation sites excluding steroid dienone is 1. The number of esters is 1. The summed E-state index contributed by atoms with van der Waals surface area (Å²) in [5.41, 5.74) is -0.165. The molecule has 0 aromatic rings. The average Bonchev–Trinajstić information content (AvgIpc) is 2.88. The molecule has 1 aliphatic carbocycles. The molecule has 3 saturated heterocycles. The lowest BCUT2D eigenvalue weighted by molar-refractivity contribution is -0.708. The number of ether oxygens (including phenoxy) is 3. The van der Waals surface area contributed by atoms with Gasteiger partial charge < -0.3 is 29.7 Å². The zero-order chi connectivity index (χ0) is 26.7. The van der Waals surface area contributed by atoms with E-state index in [1.807, 2.05) is 13.8 Å². The molecule has 4 fully saturated rings. The largest absolute Gasteiger partial charge is 0.456 e. The topological polar surface area (TPSA) is 131 Å². The van der Waals surface area contributed by atoms with E-state index in [1.165, 1.54) is 0 Å². The van der Waals surface area contributed by atoms with Gasteiger partial charge in [-0.1, -0.05) is 13.0 Å². The summed E-state index contributed by atoms with van der Waals surface area (Å²) < 4.78 is 18.8. The molecular formula is C28H47N2O7+. The van der Waals surface area contributed by atoms with Crippen molar-refractivity contribution >= 4 is 11.8 Å². The standard InChI is InChI=1S/C28H46N2O7/c1-5-16(3)27(34)36-23-12-19-21(13-22-25(26(19)33)20(32)11-18(15-31)35-22)37-28(23,4)10-9-17-7-8-24(29-6-2)30-14-17/h5,17-19,21-26,29-31,33H,6-15H2,1-4H3/p+1. The smallest absolute Gasteiger partial charge is 0.333 e. The molecular weight excluding hydrogens is 476 g/mol. The number of piperidine rings is 1. The summed E-state index contributed by atoms with van der Waals surface area (Å²) >= 11 is 0. The summed E-state index contributed by atoms with van der Waals surface area (Å²) in [6.07, 6.45) is 4.51. The number of hydrogen-bond donors (Lipinski definition) is 4. The summed E-state index contributed by atoms with van der Waals surface area (Å²) in [5, 5.41) is 26.8. The summed E-state index contributed by atoms with van der Waals surface area (Å²) in [6.45, 7) is 9.52. The van der Waals surface area contributed by atoms with Crippen LogP contribution in [-0.4, -0.2) is 83.9 Å². The lowest BCUT2D eigenvalue weighted by atomic mass is 9.66. The van der Waals surface area contributed by atoms with E-state index >= 15 is 0 Å². The van der Waals surface area contributed by atoms with Crippen molar-refractivity contribution in [2.75, 3.05) is 19.7 Å². The molecule has 0 spiro atoms. The Hall–Kier alpha value is -1.36. The molecule has 3 heterocycles. The van der Waals surface area contributed by atoms with Gasteiger partial charge >= 0.3 is 5.97 Å². The SMILES string of the molecule is CC=C(C)C(=O)OC1CC2C(CC3OC(CO)CC(=O)C3C2O)OC1(C)CCC1CCC(NCC)[NH2+]C1. The molecule has 4 rings (SSSR count). The van der Waals surface area contributed by atoms with E-state index in [0.29, 0.717) is 30.5 Å². The molecule has 0 radical (unpaired) electrons. The van der Waals surface area contributed by atoms with Gasteiger partial charge in [-0.25, -0.2) is 4.79 Å². The number of aliphatic hydroxyl groups excluding tert-OH is 2. The Morgan fingerprint density at radius 1 is 1.30 bits per heavy atom. The van der Waals surface area contributed by atoms with Gasteiger partial charge in [-0.3, -0.25) is 10.1 Å². The molecule has 1 saturated carbocycles. The van der Waals surface area contributed by atoms with E-state index in [0.717, 1.165) is 38.8 Å². The summed E-state index contributed by atoms with van der Waals surface area (Å²) in [5.74, 6) is -0.829. The highest BCUT2D eigenvalue weighted by Gasteiger charge is 2.57. The molecule has 0 bridgehead atoms. The van der Waals surface area contributed by atoms with Crippen LogP contribution < -0.4 is 10.6 Å². The van der Waals surface area contributed by atoms with Crippen molar-refractivity contribution in [3.05, 3.63) is 11.6 Å². The highest BCUT2D eigenvalue weighted by atomic mass is 16.6. The number of ketones is 1. The number of quaternary nitrogens is 1. The number of aliphatic hydroxyl groups is 2. The average molecular weight is 524 g/mol. The lowest BCUT2D eigenvalue weighted by Crippen LogP contribution is -2.95. The Labute approximate surface area is 220 Å². The van der Waals surface area contributed by atoms with Crippen molar-refractivity contribution < 1.29 is 39.3 Å². The molecule has 0 amide bonds. The summed E-state index contributed by atoms with van der Waals surface area (Å²) in [4.78, 5) is 25.7. The second kappa shape index (κ2) is 12.2. The van der Waals surface area contributed by atoms with E-state index in [2.05, 4.69) is 17.6 Å². The van der Waals surface area contributed by atoms with Gasteiger partial charge in [0, 0.05) is 36.7 Å². The summed E-state index contributed by atoms with van der Waals surface area (Å²) in [6, 6.07) is 0. The van der Waals surface area contributed by atoms with Crippen molar-refractivity contribution in [3.8, 4) is 0 Å². The molecule has 37 heavy (non-hydrogen) atoms. The second-order valence-corrected chi connectivity index (χ2v) is 11.8. The fourth-order valence-corrected chi connectivity index (χ4v) is 6.84. The number of rotatable bonds is 8. The molecule has 9 nitrogen and oxygen atoms in total. The molecule has 5 N–H and O–H groups in total. The lowest BCUT2D eigenvalue weighted by Gasteiger charge is -2.54. The number of carbonyl (C=O) groups excluding carboxylic acids is 2. The van der Waals surface area contributed by atoms with Crippen LogP contribution >= 0.6 is 0 Å². The Bertz CT molecular complexity index is 842. The van der Waals surface area contributed by atoms with E-state index in [-0.39, 0.29) is 36.8 Å². The fourth-order valence-electron chi connectivity index (χ4n) is 6.84. The number of hydrogen-bond acceptors (Lipinski definition) is 8. The third-order valence-corrected chi connectivity index (χ3v) is 9.27. The van der Waals surface area contributed by atoms with Gasteiger partial charge in [-0.2, -0.15) is 0 Å². The van der Waals surface area contributed by atoms with Crippen LogP contribution in [-0.2, 0) is 23.8 Å². The molecule has 0 aromatic carbocycles. The van der Waals surface area contributed by atoms with E-state index in [1.54, 1.807) is 13.0 Å². The Morgan fingerprint density at radius 2 is 2.08 bits per heavy atom. The first-order valence-electron chi connectivity index (χ1n) is 14.2. The van der Waals surface area contributed by atoms with Gasteiger partial charge in [-0.05, 0) is 53.0 Å². The van der Waals surface area contributed by atoms with Crippen LogP contribution in [0.4, 0.5) is 0 Å². The molecule has 10 unspecified atom stereocenters. The van der Waals surface area contributed by atoms with Gasteiger partial charge in [0.1, 0.15) is 23.7 Å². The minimum absolute atomic E-state index is 0.0719. The van der Waals surface area contributed by atoms with Crippen molar-refractivity contribution in [2.45, 2.75) is 115 Å². The minimum atomic E-state index is -0.930. The van der Waals surface area contributed by atoms with Crippen LogP contribution in [0.2, 0.25) is 0 Å². The van der Waals surface area contributed by atoms with Crippen molar-refractivity contribution in [1.82, 2.24) is 5.32 Å². The highest BCUT2D eigenvalue weighted by molar-refractivity contribution is 5.87. The maximum Gasteiger partial charge on any atom is 0.333 e. The third-order valence-electron chi connectivity index (χ3n) is 9.27. The van der Waals surface area contributed by atoms with E-state index in [9.17, 15) is 19.8 Å². The molecule has 0 aromatic heterocycles. The van der Waals surface area contributed by atoms with Crippen LogP contribution in [0.3, 0.4) is 0 Å². The van der Waals surface area contributed by atoms with Crippen LogP contribution in [0.15, 0.2) is 11.6 Å². The quantitative estimate of drug-likeness (QED) is 0.272. The molecule has 3 aliphatic heterocycles. The van der Waals surface area contributed by atoms with E-state index in [4.69, 9.17) is 14.2 Å². The van der Waals surface area contributed by atoms with Gasteiger partial charge in [0.2, 0.25) is 0 Å². The Kier molecular flexibility index (Phi) is 9.46. The van der Waals surface area contributed by atoms with Crippen LogP contribution in [0.1, 0.15) is 72.6 Å². The summed E-state index contributed by atoms with van der Waals surface area (Å²) in [7, 11) is 0. The van der Waals surface area contributed by atoms with Gasteiger partial charge in [0.15, 0.2) is 0 Å². The van der Waals surface area contributed by atoms with Crippen LogP contribution in [0.25, 0.3) is 0 Å². The number of Topliss-reactive ketones (excluding diaryl/α,β-unsaturated/α-hetero) is 1. The predicted molar refractivity (Wildman–Crippen MR) is 136 cm³/mol. The van der Waals surface area contributed by atoms with Crippen molar-refractivity contribution in [1.29, 1.82) is 0 Å². The maximum atomic E-state index is 12.8. The van der Waals surface area contributed by atoms with Crippen molar-refractivity contribution in [3.63, 3.8) is 0 Å². The Balaban J connectivity index is 1.49. The molecule has 210 valence electrons. The molecule has 9 heteroatoms. The number of carbonyl (C=O) groups is 2. The molecule has 4 aliphatic rings. The predicted octanol–water partition coefficient (Wildman–Crippen LogP) is 0.817. The van der Waals surface area contributed by atoms with Crippen LogP contribution in [0, 0.1) is 17.8 Å². The first-order chi connectivity index (χ1) is 17.7. The van der Waals surface area contributed by atoms with E-state index < -0.39 is 35.9 Å². The zero-order valence-electron chi connectivity index (χ0n) is 22.9. The third kappa shape index (κ3) is 6.28. The monoisotopic (exact) mass is 523 g/mol. The minimum Gasteiger partial charge on any atom is -0.456 e. The molecule has 10 atom stereocenters. The van der Waals surface area contributed by atoms with Gasteiger partial charge in [0.25, 0.3) is 0 Å². The normalized spacial score (nSPS) is 42.6. The Morgan fingerprint density at radius 3 is 2.73 bits per heavy atom. The number of nitrogens with one attached hydrogen (secondary N) is 1. The van der Waals surface area contributed by atoms with Gasteiger partial charge in [0.05, 0.1) is 43.5 Å². The maximum absolute atomic E-state index is 12.8. The highest BCUT2D eigenvalue weighted by Crippen LogP contribution is 2.48. The van der Waals surface area contributed by atoms with Gasteiger partial charge in [-0.15, -0.1) is 0 Å². The number of nitrogens with two attached hydrogens (primary N) is 1. The van der Waals surface area contributed by atoms with Crippen LogP contribution in [0.5, 0.6) is 0 Å². The fraction of sp³-hybridized carbons (Fsp3) is 0.857. The first-order valence-corrected chi connectivity index (χ1v) is 14.2. The second-order valence-electron chi connectivity index (χ2n) is 11.8. The zero-order valence-corrected chi connectivity index (χ0v) is 22.9. The number of fused-ring (bicyclic) bond motifs is 2. The van der Waals surface area contributed by atoms with Crippen molar-refractivity contribution in [2.24, 2.45) is 17.8 Å². The first kappa shape index (κ1) is 28.6.